The van der Waals surface area contributed by atoms with Crippen molar-refractivity contribution in [2.45, 2.75) is 25.5 Å². The fourth-order valence-electron chi connectivity index (χ4n) is 4.44. The highest BCUT2D eigenvalue weighted by Gasteiger charge is 2.56. The van der Waals surface area contributed by atoms with Crippen molar-refractivity contribution in [2.75, 3.05) is 0 Å². The zero-order chi connectivity index (χ0) is 18.9. The first-order valence-electron chi connectivity index (χ1n) is 8.86. The van der Waals surface area contributed by atoms with Crippen LogP contribution in [0.15, 0.2) is 48.2 Å². The lowest BCUT2D eigenvalue weighted by molar-refractivity contribution is -0.161. The summed E-state index contributed by atoms with van der Waals surface area (Å²) in [6, 6.07) is 13.9. The number of carboxylic acids is 1. The van der Waals surface area contributed by atoms with Crippen LogP contribution in [-0.2, 0) is 9.59 Å². The van der Waals surface area contributed by atoms with Gasteiger partial charge in [0.05, 0.1) is 18.1 Å². The van der Waals surface area contributed by atoms with Gasteiger partial charge in [-0.15, -0.1) is 11.3 Å². The lowest BCUT2D eigenvalue weighted by Gasteiger charge is -2.44. The highest BCUT2D eigenvalue weighted by molar-refractivity contribution is 7.25. The molecule has 2 aliphatic rings. The fourth-order valence-corrected chi connectivity index (χ4v) is 5.59. The van der Waals surface area contributed by atoms with Crippen LogP contribution >= 0.6 is 11.3 Å². The van der Waals surface area contributed by atoms with Gasteiger partial charge in [0, 0.05) is 20.2 Å². The van der Waals surface area contributed by atoms with Crippen LogP contribution in [-0.4, -0.2) is 39.1 Å². The second kappa shape index (κ2) is 5.65. The van der Waals surface area contributed by atoms with Gasteiger partial charge in [-0.3, -0.25) is 4.79 Å². The molecule has 1 fully saturated rings. The van der Waals surface area contributed by atoms with Gasteiger partial charge in [-0.05, 0) is 36.6 Å². The zero-order valence-corrected chi connectivity index (χ0v) is 15.4. The van der Waals surface area contributed by atoms with Crippen molar-refractivity contribution >= 4 is 49.0 Å². The minimum atomic E-state index is -1.10. The summed E-state index contributed by atoms with van der Waals surface area (Å²) in [4.78, 5) is 25.6. The van der Waals surface area contributed by atoms with Crippen molar-refractivity contribution in [1.29, 1.82) is 0 Å². The molecule has 2 aliphatic heterocycles. The molecule has 0 unspecified atom stereocenters. The number of hydrogen-bond donors (Lipinski definition) is 2. The molecule has 0 radical (unpaired) electrons. The molecule has 3 aromatic rings. The number of aliphatic carboxylic acids is 1. The maximum absolute atomic E-state index is 12.4. The van der Waals surface area contributed by atoms with E-state index in [1.165, 1.54) is 15.0 Å². The van der Waals surface area contributed by atoms with E-state index in [-0.39, 0.29) is 17.6 Å². The largest absolute Gasteiger partial charge is 0.477 e. The molecule has 3 heterocycles. The first kappa shape index (κ1) is 16.5. The number of amides is 1. The van der Waals surface area contributed by atoms with Gasteiger partial charge < -0.3 is 15.1 Å². The first-order chi connectivity index (χ1) is 13.0. The number of β-lactam (4-membered cyclic amide) rings is 1. The van der Waals surface area contributed by atoms with Gasteiger partial charge in [0.25, 0.3) is 0 Å². The van der Waals surface area contributed by atoms with Crippen LogP contribution < -0.4 is 0 Å². The number of fused-ring (bicyclic) bond motifs is 4. The molecule has 5 rings (SSSR count). The van der Waals surface area contributed by atoms with Crippen LogP contribution in [0.1, 0.15) is 18.9 Å². The Morgan fingerprint density at radius 2 is 1.93 bits per heavy atom. The molecular formula is C21H17NO4S. The van der Waals surface area contributed by atoms with E-state index >= 15 is 0 Å². The molecule has 2 N–H and O–H groups in total. The van der Waals surface area contributed by atoms with Gasteiger partial charge >= 0.3 is 5.97 Å². The van der Waals surface area contributed by atoms with E-state index in [1.54, 1.807) is 18.3 Å². The van der Waals surface area contributed by atoms with E-state index in [4.69, 9.17) is 0 Å². The normalized spacial score (nSPS) is 23.0. The number of rotatable bonds is 3. The van der Waals surface area contributed by atoms with Gasteiger partial charge in [-0.1, -0.05) is 30.3 Å². The van der Waals surface area contributed by atoms with E-state index in [2.05, 4.69) is 12.1 Å². The number of thiophene rings is 1. The number of carboxylic acid groups (broad SMARTS) is 1. The minimum absolute atomic E-state index is 0.0577. The van der Waals surface area contributed by atoms with Crippen LogP contribution in [0.2, 0.25) is 0 Å². The Hall–Kier alpha value is -2.70. The summed E-state index contributed by atoms with van der Waals surface area (Å²) in [5, 5.41) is 21.9. The van der Waals surface area contributed by atoms with Crippen molar-refractivity contribution in [1.82, 2.24) is 4.90 Å². The Morgan fingerprint density at radius 1 is 1.19 bits per heavy atom. The lowest BCUT2D eigenvalue weighted by Crippen LogP contribution is -2.61. The standard InChI is InChI=1S/C21H17NO4S/c1-10(23)18-15-9-14(19(21(25)26)22(15)20(18)24)11-6-7-13-12-4-2-3-5-16(12)27-17(13)8-11/h2-8,10,15,18,23H,9H2,1H3,(H,25,26)/t10-,15-,18-/m1/s1. The summed E-state index contributed by atoms with van der Waals surface area (Å²) in [6.45, 7) is 1.58. The summed E-state index contributed by atoms with van der Waals surface area (Å²) in [5.41, 5.74) is 1.56. The fraction of sp³-hybridized carbons (Fsp3) is 0.238. The molecule has 1 aromatic heterocycles. The maximum Gasteiger partial charge on any atom is 0.352 e. The van der Waals surface area contributed by atoms with Crippen LogP contribution in [0.25, 0.3) is 25.7 Å². The predicted octanol–water partition coefficient (Wildman–Crippen LogP) is 3.46. The molecule has 3 atom stereocenters. The average molecular weight is 379 g/mol. The molecule has 6 heteroatoms. The van der Waals surface area contributed by atoms with Crippen LogP contribution in [0.5, 0.6) is 0 Å². The topological polar surface area (TPSA) is 77.8 Å². The van der Waals surface area contributed by atoms with Gasteiger partial charge in [0.2, 0.25) is 5.91 Å². The molecular weight excluding hydrogens is 362 g/mol. The molecule has 2 aromatic carbocycles. The van der Waals surface area contributed by atoms with Crippen LogP contribution in [0, 0.1) is 5.92 Å². The third-order valence-corrected chi connectivity index (χ3v) is 6.79. The molecule has 5 nitrogen and oxygen atoms in total. The number of carbonyl (C=O) groups excluding carboxylic acids is 1. The summed E-state index contributed by atoms with van der Waals surface area (Å²) in [7, 11) is 0. The molecule has 136 valence electrons. The summed E-state index contributed by atoms with van der Waals surface area (Å²) in [5.74, 6) is -1.92. The van der Waals surface area contributed by atoms with Crippen LogP contribution in [0.3, 0.4) is 0 Å². The summed E-state index contributed by atoms with van der Waals surface area (Å²) >= 11 is 1.68. The van der Waals surface area contributed by atoms with Crippen molar-refractivity contribution < 1.29 is 19.8 Å². The smallest absolute Gasteiger partial charge is 0.352 e. The predicted molar refractivity (Wildman–Crippen MR) is 104 cm³/mol. The van der Waals surface area contributed by atoms with E-state index in [9.17, 15) is 19.8 Å². The number of hydrogen-bond acceptors (Lipinski definition) is 4. The van der Waals surface area contributed by atoms with Gasteiger partial charge in [0.1, 0.15) is 5.70 Å². The molecule has 0 spiro atoms. The Bertz CT molecular complexity index is 1160. The van der Waals surface area contributed by atoms with Crippen molar-refractivity contribution in [3.8, 4) is 0 Å². The van der Waals surface area contributed by atoms with Crippen molar-refractivity contribution in [3.63, 3.8) is 0 Å². The Morgan fingerprint density at radius 3 is 2.67 bits per heavy atom. The number of carbonyl (C=O) groups is 2. The lowest BCUT2D eigenvalue weighted by atomic mass is 9.82. The third-order valence-electron chi connectivity index (χ3n) is 5.66. The average Bonchev–Trinajstić information content (AvgIpc) is 3.16. The van der Waals surface area contributed by atoms with Gasteiger partial charge in [0.15, 0.2) is 0 Å². The molecule has 0 saturated carbocycles. The number of benzene rings is 2. The Kier molecular flexibility index (Phi) is 3.44. The monoisotopic (exact) mass is 379 g/mol. The van der Waals surface area contributed by atoms with E-state index in [1.807, 2.05) is 30.3 Å². The molecule has 0 aliphatic carbocycles. The molecule has 27 heavy (non-hydrogen) atoms. The van der Waals surface area contributed by atoms with E-state index < -0.39 is 18.0 Å². The minimum Gasteiger partial charge on any atom is -0.477 e. The van der Waals surface area contributed by atoms with Crippen molar-refractivity contribution in [2.24, 2.45) is 5.92 Å². The highest BCUT2D eigenvalue weighted by Crippen LogP contribution is 2.47. The molecule has 1 saturated heterocycles. The van der Waals surface area contributed by atoms with Crippen molar-refractivity contribution in [3.05, 3.63) is 53.7 Å². The number of aliphatic hydroxyl groups excluding tert-OH is 1. The quantitative estimate of drug-likeness (QED) is 0.683. The second-order valence-corrected chi connectivity index (χ2v) is 8.27. The third kappa shape index (κ3) is 2.20. The number of nitrogens with zero attached hydrogens (tertiary/aromatic N) is 1. The van der Waals surface area contributed by atoms with Crippen LogP contribution in [0.4, 0.5) is 0 Å². The summed E-state index contributed by atoms with van der Waals surface area (Å²) < 4.78 is 2.29. The maximum atomic E-state index is 12.4. The molecule has 0 bridgehead atoms. The second-order valence-electron chi connectivity index (χ2n) is 7.19. The van der Waals surface area contributed by atoms with Gasteiger partial charge in [-0.25, -0.2) is 4.79 Å². The summed E-state index contributed by atoms with van der Waals surface area (Å²) in [6.07, 6.45) is -0.322. The van der Waals surface area contributed by atoms with E-state index in [0.29, 0.717) is 12.0 Å². The number of aliphatic hydroxyl groups is 1. The van der Waals surface area contributed by atoms with E-state index in [0.717, 1.165) is 15.6 Å². The first-order valence-corrected chi connectivity index (χ1v) is 9.68. The Balaban J connectivity index is 1.64. The highest BCUT2D eigenvalue weighted by atomic mass is 32.1. The zero-order valence-electron chi connectivity index (χ0n) is 14.5. The molecule has 1 amide bonds. The van der Waals surface area contributed by atoms with Gasteiger partial charge in [-0.2, -0.15) is 0 Å². The Labute approximate surface area is 159 Å². The SMILES string of the molecule is C[C@@H](O)[C@H]1C(=O)N2C(C(=O)O)=C(c3ccc4c(c3)sc3ccccc34)C[C@H]12.